The third kappa shape index (κ3) is 2.69. The fourth-order valence-electron chi connectivity index (χ4n) is 1.58. The highest BCUT2D eigenvalue weighted by Crippen LogP contribution is 2.19. The molecule has 0 aliphatic rings. The van der Waals surface area contributed by atoms with E-state index in [0.717, 1.165) is 0 Å². The van der Waals surface area contributed by atoms with Gasteiger partial charge in [0.1, 0.15) is 0 Å². The molecule has 2 rings (SSSR count). The van der Waals surface area contributed by atoms with Crippen LogP contribution in [0.2, 0.25) is 0 Å². The van der Waals surface area contributed by atoms with Crippen LogP contribution in [-0.2, 0) is 0 Å². The Kier molecular flexibility index (Phi) is 4.62. The zero-order chi connectivity index (χ0) is 11.1. The first-order valence-corrected chi connectivity index (χ1v) is 5.52. The normalized spacial score (nSPS) is 10.1. The molecular weight excluding hydrogens is 180 g/mol. The minimum atomic E-state index is 1.29. The van der Waals surface area contributed by atoms with Crippen molar-refractivity contribution < 1.29 is 0 Å². The molecule has 15 heavy (non-hydrogen) atoms. The van der Waals surface area contributed by atoms with Gasteiger partial charge in [-0.25, -0.2) is 0 Å². The molecule has 0 fully saturated rings. The predicted octanol–water partition coefficient (Wildman–Crippen LogP) is 4.90. The Balaban J connectivity index is 0.000000531. The fourth-order valence-corrected chi connectivity index (χ4v) is 1.58. The van der Waals surface area contributed by atoms with Crippen molar-refractivity contribution >= 4 is 16.8 Å². The largest absolute Gasteiger partial charge is 0.0870 e. The van der Waals surface area contributed by atoms with E-state index in [1.54, 1.807) is 0 Å². The van der Waals surface area contributed by atoms with Crippen LogP contribution in [0.25, 0.3) is 16.8 Å². The molecule has 0 spiro atoms. The summed E-state index contributed by atoms with van der Waals surface area (Å²) in [5.74, 6) is 0. The molecule has 0 saturated carbocycles. The third-order valence-electron chi connectivity index (χ3n) is 2.17. The lowest BCUT2D eigenvalue weighted by Gasteiger charge is -2.00. The predicted molar refractivity (Wildman–Crippen MR) is 70.0 cm³/mol. The van der Waals surface area contributed by atoms with Gasteiger partial charge in [-0.05, 0) is 23.3 Å². The highest BCUT2D eigenvalue weighted by Gasteiger charge is 1.94. The first-order chi connectivity index (χ1) is 7.42. The zero-order valence-electron chi connectivity index (χ0n) is 9.70. The molecule has 2 aromatic rings. The topological polar surface area (TPSA) is 0 Å². The summed E-state index contributed by atoms with van der Waals surface area (Å²) < 4.78 is 0. The molecule has 0 radical (unpaired) electrons. The molecule has 0 heterocycles. The van der Waals surface area contributed by atoms with E-state index < -0.39 is 0 Å². The standard InChI is InChI=1S/C13H12.C2H6/c1-2-6-11-8-5-9-12-7-3-4-10-13(11)12;1-2/h2-10H,1H3;1-2H3/b6-2-;. The van der Waals surface area contributed by atoms with Crippen LogP contribution in [0, 0.1) is 0 Å². The molecule has 2 aromatic carbocycles. The van der Waals surface area contributed by atoms with Crippen LogP contribution >= 0.6 is 0 Å². The summed E-state index contributed by atoms with van der Waals surface area (Å²) in [4.78, 5) is 0. The third-order valence-corrected chi connectivity index (χ3v) is 2.17. The zero-order valence-corrected chi connectivity index (χ0v) is 9.70. The first kappa shape index (κ1) is 11.5. The number of benzene rings is 2. The lowest BCUT2D eigenvalue weighted by molar-refractivity contribution is 1.50. The average molecular weight is 198 g/mol. The van der Waals surface area contributed by atoms with E-state index in [1.807, 2.05) is 20.8 Å². The molecule has 0 N–H and O–H groups in total. The Morgan fingerprint density at radius 2 is 1.53 bits per heavy atom. The summed E-state index contributed by atoms with van der Waals surface area (Å²) in [5.41, 5.74) is 1.29. The second kappa shape index (κ2) is 6.02. The van der Waals surface area contributed by atoms with Crippen molar-refractivity contribution in [1.29, 1.82) is 0 Å². The molecule has 78 valence electrons. The maximum Gasteiger partial charge on any atom is -0.0112 e. The molecule has 0 aromatic heterocycles. The maximum atomic E-state index is 2.16. The van der Waals surface area contributed by atoms with Gasteiger partial charge in [0.15, 0.2) is 0 Å². The van der Waals surface area contributed by atoms with E-state index in [1.165, 1.54) is 16.3 Å². The number of allylic oxidation sites excluding steroid dienone is 1. The van der Waals surface area contributed by atoms with Crippen molar-refractivity contribution in [3.63, 3.8) is 0 Å². The Labute approximate surface area is 92.3 Å². The Morgan fingerprint density at radius 3 is 2.27 bits per heavy atom. The van der Waals surface area contributed by atoms with Crippen LogP contribution in [0.1, 0.15) is 26.3 Å². The van der Waals surface area contributed by atoms with Gasteiger partial charge in [-0.15, -0.1) is 0 Å². The van der Waals surface area contributed by atoms with Crippen molar-refractivity contribution in [2.45, 2.75) is 20.8 Å². The summed E-state index contributed by atoms with van der Waals surface area (Å²) in [7, 11) is 0. The smallest absolute Gasteiger partial charge is 0.0112 e. The first-order valence-electron chi connectivity index (χ1n) is 5.52. The van der Waals surface area contributed by atoms with E-state index in [0.29, 0.717) is 0 Å². The van der Waals surface area contributed by atoms with Gasteiger partial charge in [-0.3, -0.25) is 0 Å². The Hall–Kier alpha value is -1.56. The molecule has 0 aliphatic carbocycles. The summed E-state index contributed by atoms with van der Waals surface area (Å²) in [6, 6.07) is 14.8. The monoisotopic (exact) mass is 198 g/mol. The molecule has 0 aliphatic heterocycles. The van der Waals surface area contributed by atoms with Gasteiger partial charge >= 0.3 is 0 Å². The summed E-state index contributed by atoms with van der Waals surface area (Å²) in [5, 5.41) is 2.63. The molecule has 0 heteroatoms. The van der Waals surface area contributed by atoms with Crippen molar-refractivity contribution in [1.82, 2.24) is 0 Å². The second-order valence-corrected chi connectivity index (χ2v) is 3.07. The molecule has 0 saturated heterocycles. The van der Waals surface area contributed by atoms with Gasteiger partial charge in [-0.2, -0.15) is 0 Å². The number of hydrogen-bond acceptors (Lipinski definition) is 0. The lowest BCUT2D eigenvalue weighted by atomic mass is 10.0. The molecule has 0 atom stereocenters. The lowest BCUT2D eigenvalue weighted by Crippen LogP contribution is -1.76. The molecule has 0 bridgehead atoms. The van der Waals surface area contributed by atoms with Crippen molar-refractivity contribution in [3.8, 4) is 0 Å². The molecular formula is C15H18. The molecule has 0 unspecified atom stereocenters. The number of rotatable bonds is 1. The highest BCUT2D eigenvalue weighted by atomic mass is 14.0. The van der Waals surface area contributed by atoms with E-state index in [9.17, 15) is 0 Å². The van der Waals surface area contributed by atoms with E-state index in [2.05, 4.69) is 54.6 Å². The van der Waals surface area contributed by atoms with Crippen LogP contribution in [0.15, 0.2) is 48.5 Å². The minimum Gasteiger partial charge on any atom is -0.0870 e. The van der Waals surface area contributed by atoms with Crippen molar-refractivity contribution in [2.24, 2.45) is 0 Å². The number of fused-ring (bicyclic) bond motifs is 1. The SMILES string of the molecule is C/C=C\c1cccc2ccccc12.CC. The highest BCUT2D eigenvalue weighted by molar-refractivity contribution is 5.90. The summed E-state index contributed by atoms with van der Waals surface area (Å²) >= 11 is 0. The fraction of sp³-hybridized carbons (Fsp3) is 0.200. The quantitative estimate of drug-likeness (QED) is 0.611. The summed E-state index contributed by atoms with van der Waals surface area (Å²) in [6.45, 7) is 6.04. The maximum absolute atomic E-state index is 2.16. The second-order valence-electron chi connectivity index (χ2n) is 3.07. The molecule has 0 nitrogen and oxygen atoms in total. The van der Waals surface area contributed by atoms with E-state index in [-0.39, 0.29) is 0 Å². The van der Waals surface area contributed by atoms with Crippen LogP contribution < -0.4 is 0 Å². The van der Waals surface area contributed by atoms with Gasteiger partial charge in [0.25, 0.3) is 0 Å². The van der Waals surface area contributed by atoms with Gasteiger partial charge in [0, 0.05) is 0 Å². The van der Waals surface area contributed by atoms with Gasteiger partial charge in [0.05, 0.1) is 0 Å². The Bertz CT molecular complexity index is 433. The van der Waals surface area contributed by atoms with Crippen LogP contribution in [0.4, 0.5) is 0 Å². The minimum absolute atomic E-state index is 1.29. The van der Waals surface area contributed by atoms with Crippen molar-refractivity contribution in [3.05, 3.63) is 54.1 Å². The summed E-state index contributed by atoms with van der Waals surface area (Å²) in [6.07, 6.45) is 4.21. The van der Waals surface area contributed by atoms with Gasteiger partial charge < -0.3 is 0 Å². The van der Waals surface area contributed by atoms with E-state index in [4.69, 9.17) is 0 Å². The average Bonchev–Trinajstić information content (AvgIpc) is 2.33. The van der Waals surface area contributed by atoms with E-state index >= 15 is 0 Å². The van der Waals surface area contributed by atoms with Crippen LogP contribution in [0.3, 0.4) is 0 Å². The Morgan fingerprint density at radius 1 is 0.867 bits per heavy atom. The van der Waals surface area contributed by atoms with Gasteiger partial charge in [0.2, 0.25) is 0 Å². The molecule has 0 amide bonds. The van der Waals surface area contributed by atoms with Gasteiger partial charge in [-0.1, -0.05) is 68.5 Å². The van der Waals surface area contributed by atoms with Crippen LogP contribution in [0.5, 0.6) is 0 Å². The number of hydrogen-bond donors (Lipinski definition) is 0. The van der Waals surface area contributed by atoms with Crippen LogP contribution in [-0.4, -0.2) is 0 Å². The van der Waals surface area contributed by atoms with Crippen molar-refractivity contribution in [2.75, 3.05) is 0 Å².